The fraction of sp³-hybridized carbons (Fsp3) is 0.125. The lowest BCUT2D eigenvalue weighted by atomic mass is 10.0. The third kappa shape index (κ3) is 4.28. The predicted molar refractivity (Wildman–Crippen MR) is 116 cm³/mol. The molecule has 0 bridgehead atoms. The summed E-state index contributed by atoms with van der Waals surface area (Å²) in [5, 5.41) is 0. The highest BCUT2D eigenvalue weighted by molar-refractivity contribution is 7.90. The Bertz CT molecular complexity index is 1260. The maximum atomic E-state index is 11.7. The zero-order valence-corrected chi connectivity index (χ0v) is 17.5. The van der Waals surface area contributed by atoms with Crippen LogP contribution in [0.4, 0.5) is 0 Å². The van der Waals surface area contributed by atoms with Crippen LogP contribution >= 0.6 is 0 Å². The molecule has 0 saturated heterocycles. The number of nitrogens with zero attached hydrogens (tertiary/aromatic N) is 1. The largest absolute Gasteiger partial charge is 0.496 e. The van der Waals surface area contributed by atoms with Crippen LogP contribution in [-0.2, 0) is 16.3 Å². The first-order valence-corrected chi connectivity index (χ1v) is 11.3. The Morgan fingerprint density at radius 1 is 0.933 bits per heavy atom. The van der Waals surface area contributed by atoms with Crippen molar-refractivity contribution in [2.24, 2.45) is 0 Å². The van der Waals surface area contributed by atoms with Gasteiger partial charge in [0.1, 0.15) is 17.7 Å². The molecular formula is C24H21NO4S. The van der Waals surface area contributed by atoms with Gasteiger partial charge < -0.3 is 9.15 Å². The summed E-state index contributed by atoms with van der Waals surface area (Å²) in [6.45, 7) is 0. The van der Waals surface area contributed by atoms with E-state index in [4.69, 9.17) is 9.15 Å². The molecule has 4 aromatic rings. The number of methoxy groups -OCH3 is 1. The summed E-state index contributed by atoms with van der Waals surface area (Å²) in [5.74, 6) is 1.30. The molecule has 0 aliphatic rings. The highest BCUT2D eigenvalue weighted by atomic mass is 32.2. The van der Waals surface area contributed by atoms with E-state index in [2.05, 4.69) is 4.98 Å². The first kappa shape index (κ1) is 19.9. The van der Waals surface area contributed by atoms with Gasteiger partial charge in [-0.1, -0.05) is 48.5 Å². The van der Waals surface area contributed by atoms with Crippen molar-refractivity contribution in [3.8, 4) is 28.1 Å². The number of aromatic nitrogens is 1. The van der Waals surface area contributed by atoms with Crippen LogP contribution < -0.4 is 4.74 Å². The molecule has 6 heteroatoms. The van der Waals surface area contributed by atoms with Crippen molar-refractivity contribution in [3.63, 3.8) is 0 Å². The van der Waals surface area contributed by atoms with E-state index < -0.39 is 9.84 Å². The van der Waals surface area contributed by atoms with E-state index in [1.54, 1.807) is 37.6 Å². The molecule has 0 saturated carbocycles. The zero-order valence-electron chi connectivity index (χ0n) is 16.7. The summed E-state index contributed by atoms with van der Waals surface area (Å²) in [5.41, 5.74) is 4.49. The second-order valence-electron chi connectivity index (χ2n) is 7.00. The van der Waals surface area contributed by atoms with Crippen molar-refractivity contribution >= 4 is 9.84 Å². The van der Waals surface area contributed by atoms with Crippen LogP contribution in [0.5, 0.6) is 5.75 Å². The van der Waals surface area contributed by atoms with Crippen LogP contribution in [0.1, 0.15) is 11.5 Å². The molecule has 0 radical (unpaired) electrons. The minimum absolute atomic E-state index is 0.295. The summed E-state index contributed by atoms with van der Waals surface area (Å²) in [7, 11) is -1.61. The third-order valence-electron chi connectivity index (χ3n) is 4.84. The average Bonchev–Trinajstić information content (AvgIpc) is 3.21. The summed E-state index contributed by atoms with van der Waals surface area (Å²) < 4.78 is 34.6. The van der Waals surface area contributed by atoms with E-state index in [9.17, 15) is 8.42 Å². The summed E-state index contributed by atoms with van der Waals surface area (Å²) in [6.07, 6.45) is 3.45. The van der Waals surface area contributed by atoms with E-state index in [1.165, 1.54) is 6.26 Å². The Labute approximate surface area is 175 Å². The van der Waals surface area contributed by atoms with Gasteiger partial charge in [0.25, 0.3) is 0 Å². The van der Waals surface area contributed by atoms with E-state index in [0.29, 0.717) is 28.7 Å². The van der Waals surface area contributed by atoms with Gasteiger partial charge in [0.05, 0.1) is 12.0 Å². The third-order valence-corrected chi connectivity index (χ3v) is 5.97. The van der Waals surface area contributed by atoms with Gasteiger partial charge in [-0.25, -0.2) is 13.4 Å². The Balaban J connectivity index is 1.62. The molecule has 1 heterocycles. The second-order valence-corrected chi connectivity index (χ2v) is 9.02. The fourth-order valence-electron chi connectivity index (χ4n) is 3.26. The fourth-order valence-corrected chi connectivity index (χ4v) is 3.89. The minimum atomic E-state index is -3.22. The molecule has 4 rings (SSSR count). The number of hydrogen-bond acceptors (Lipinski definition) is 5. The van der Waals surface area contributed by atoms with Crippen molar-refractivity contribution < 1.29 is 17.6 Å². The lowest BCUT2D eigenvalue weighted by molar-refractivity contribution is 0.416. The molecule has 0 unspecified atom stereocenters. The summed E-state index contributed by atoms with van der Waals surface area (Å²) >= 11 is 0. The maximum absolute atomic E-state index is 11.7. The van der Waals surface area contributed by atoms with Crippen LogP contribution in [0.15, 0.2) is 88.4 Å². The smallest absolute Gasteiger partial charge is 0.198 e. The van der Waals surface area contributed by atoms with Crippen LogP contribution in [0.25, 0.3) is 22.4 Å². The number of rotatable bonds is 6. The molecule has 0 fully saturated rings. The molecule has 0 N–H and O–H groups in total. The maximum Gasteiger partial charge on any atom is 0.198 e. The van der Waals surface area contributed by atoms with Gasteiger partial charge in [-0.05, 0) is 41.0 Å². The lowest BCUT2D eigenvalue weighted by Gasteiger charge is -2.10. The SMILES string of the molecule is COc1cc(-c2ccc(S(C)(=O)=O)cc2)ccc1-c1coc(Cc2ccccc2)n1. The van der Waals surface area contributed by atoms with Gasteiger partial charge >= 0.3 is 0 Å². The molecule has 0 atom stereocenters. The van der Waals surface area contributed by atoms with Crippen LogP contribution in [0.2, 0.25) is 0 Å². The van der Waals surface area contributed by atoms with Crippen molar-refractivity contribution in [1.82, 2.24) is 4.98 Å². The van der Waals surface area contributed by atoms with Gasteiger partial charge in [-0.2, -0.15) is 0 Å². The highest BCUT2D eigenvalue weighted by Crippen LogP contribution is 2.34. The number of sulfone groups is 1. The van der Waals surface area contributed by atoms with Crippen molar-refractivity contribution in [2.45, 2.75) is 11.3 Å². The quantitative estimate of drug-likeness (QED) is 0.439. The molecule has 30 heavy (non-hydrogen) atoms. The Hall–Kier alpha value is -3.38. The molecular weight excluding hydrogens is 398 g/mol. The monoisotopic (exact) mass is 419 g/mol. The highest BCUT2D eigenvalue weighted by Gasteiger charge is 2.14. The van der Waals surface area contributed by atoms with E-state index in [-0.39, 0.29) is 0 Å². The predicted octanol–water partition coefficient (Wildman–Crippen LogP) is 5.01. The molecule has 152 valence electrons. The normalized spacial score (nSPS) is 11.4. The number of hydrogen-bond donors (Lipinski definition) is 0. The Morgan fingerprint density at radius 2 is 1.63 bits per heavy atom. The molecule has 3 aromatic carbocycles. The van der Waals surface area contributed by atoms with Crippen molar-refractivity contribution in [3.05, 3.63) is 90.5 Å². The molecule has 0 aliphatic carbocycles. The number of benzene rings is 3. The van der Waals surface area contributed by atoms with Gasteiger partial charge in [-0.3, -0.25) is 0 Å². The van der Waals surface area contributed by atoms with Crippen LogP contribution in [-0.4, -0.2) is 26.8 Å². The Morgan fingerprint density at radius 3 is 2.30 bits per heavy atom. The van der Waals surface area contributed by atoms with E-state index in [1.807, 2.05) is 48.5 Å². The minimum Gasteiger partial charge on any atom is -0.496 e. The van der Waals surface area contributed by atoms with Crippen LogP contribution in [0.3, 0.4) is 0 Å². The van der Waals surface area contributed by atoms with E-state index in [0.717, 1.165) is 22.3 Å². The number of oxazole rings is 1. The van der Waals surface area contributed by atoms with Gasteiger partial charge in [0.2, 0.25) is 0 Å². The van der Waals surface area contributed by atoms with Gasteiger partial charge in [0, 0.05) is 18.2 Å². The van der Waals surface area contributed by atoms with E-state index >= 15 is 0 Å². The average molecular weight is 420 g/mol. The first-order valence-electron chi connectivity index (χ1n) is 9.41. The standard InChI is InChI=1S/C24H21NO4S/c1-28-23-15-19(18-8-11-20(12-9-18)30(2,26)27)10-13-21(23)22-16-29-24(25-22)14-17-6-4-3-5-7-17/h3-13,15-16H,14H2,1-2H3. The summed E-state index contributed by atoms with van der Waals surface area (Å²) in [6, 6.07) is 22.6. The molecule has 5 nitrogen and oxygen atoms in total. The molecule has 0 spiro atoms. The molecule has 0 aliphatic heterocycles. The molecule has 0 amide bonds. The summed E-state index contributed by atoms with van der Waals surface area (Å²) in [4.78, 5) is 4.91. The van der Waals surface area contributed by atoms with Crippen molar-refractivity contribution in [2.75, 3.05) is 13.4 Å². The molecule has 1 aromatic heterocycles. The lowest BCUT2D eigenvalue weighted by Crippen LogP contribution is -1.96. The topological polar surface area (TPSA) is 69.4 Å². The zero-order chi connectivity index (χ0) is 21.1. The number of ether oxygens (including phenoxy) is 1. The second kappa shape index (κ2) is 8.16. The Kier molecular flexibility index (Phi) is 5.42. The van der Waals surface area contributed by atoms with Crippen molar-refractivity contribution in [1.29, 1.82) is 0 Å². The first-order chi connectivity index (χ1) is 14.4. The van der Waals surface area contributed by atoms with Crippen LogP contribution in [0, 0.1) is 0 Å². The van der Waals surface area contributed by atoms with Gasteiger partial charge in [-0.15, -0.1) is 0 Å². The van der Waals surface area contributed by atoms with Gasteiger partial charge in [0.15, 0.2) is 15.7 Å².